The maximum absolute atomic E-state index is 13.2. The summed E-state index contributed by atoms with van der Waals surface area (Å²) in [5.41, 5.74) is -0.0598. The highest BCUT2D eigenvalue weighted by Crippen LogP contribution is 2.27. The van der Waals surface area contributed by atoms with Crippen LogP contribution >= 0.6 is 0 Å². The molecular formula is C23H21FN6O3. The summed E-state index contributed by atoms with van der Waals surface area (Å²) in [5, 5.41) is 15.7. The first kappa shape index (κ1) is 21.0. The highest BCUT2D eigenvalue weighted by Gasteiger charge is 2.33. The van der Waals surface area contributed by atoms with Gasteiger partial charge in [-0.05, 0) is 49.2 Å². The number of halogens is 1. The molecule has 5 rings (SSSR count). The van der Waals surface area contributed by atoms with E-state index in [-0.39, 0.29) is 17.9 Å². The molecule has 1 aliphatic heterocycles. The maximum atomic E-state index is 13.2. The second-order valence-electron chi connectivity index (χ2n) is 8.20. The first-order valence-electron chi connectivity index (χ1n) is 10.5. The van der Waals surface area contributed by atoms with Gasteiger partial charge in [-0.25, -0.2) is 19.0 Å². The lowest BCUT2D eigenvalue weighted by Gasteiger charge is -2.39. The Morgan fingerprint density at radius 2 is 1.88 bits per heavy atom. The summed E-state index contributed by atoms with van der Waals surface area (Å²) in [7, 11) is 0. The number of benzene rings is 1. The number of nitrogens with zero attached hydrogens (tertiary/aromatic N) is 6. The number of fused-ring (bicyclic) bond motifs is 1. The van der Waals surface area contributed by atoms with Gasteiger partial charge in [0.15, 0.2) is 11.9 Å². The van der Waals surface area contributed by atoms with Gasteiger partial charge in [0.2, 0.25) is 0 Å². The number of hydrogen-bond acceptors (Lipinski definition) is 7. The van der Waals surface area contributed by atoms with Crippen LogP contribution in [0.5, 0.6) is 0 Å². The lowest BCUT2D eigenvalue weighted by molar-refractivity contribution is -0.00112. The molecule has 0 spiro atoms. The van der Waals surface area contributed by atoms with Gasteiger partial charge >= 0.3 is 0 Å². The molecule has 3 aromatic heterocycles. The highest BCUT2D eigenvalue weighted by atomic mass is 19.1. The molecule has 1 aromatic carbocycles. The number of aromatic nitrogens is 5. The van der Waals surface area contributed by atoms with Crippen molar-refractivity contribution in [1.82, 2.24) is 24.3 Å². The smallest absolute Gasteiger partial charge is 0.264 e. The fourth-order valence-corrected chi connectivity index (χ4v) is 4.14. The number of rotatable bonds is 5. The topological polar surface area (TPSA) is 106 Å². The predicted molar refractivity (Wildman–Crippen MR) is 119 cm³/mol. The van der Waals surface area contributed by atoms with Crippen molar-refractivity contribution in [3.05, 3.63) is 76.9 Å². The van der Waals surface area contributed by atoms with Gasteiger partial charge in [-0.1, -0.05) is 6.07 Å². The van der Waals surface area contributed by atoms with Crippen molar-refractivity contribution in [2.24, 2.45) is 0 Å². The van der Waals surface area contributed by atoms with Crippen LogP contribution in [0, 0.1) is 5.82 Å². The lowest BCUT2D eigenvalue weighted by Crippen LogP contribution is -2.48. The number of pyridine rings is 1. The van der Waals surface area contributed by atoms with E-state index in [1.807, 2.05) is 11.0 Å². The molecule has 0 saturated carbocycles. The number of anilines is 1. The van der Waals surface area contributed by atoms with Gasteiger partial charge < -0.3 is 10.0 Å². The molecule has 10 heteroatoms. The minimum Gasteiger partial charge on any atom is -0.388 e. The standard InChI is InChI=1S/C23H21FN6O3/c24-16-4-6-18(7-5-16)30-21-19(12-26-30)22(32)29(15-25-21)14-23(33)8-10-28(11-9-23)20-3-1-2-17(13-31)27-20/h1-7,12-13,15,33H,8-11,14H2. The molecule has 9 nitrogen and oxygen atoms in total. The van der Waals surface area contributed by atoms with E-state index in [1.54, 1.807) is 24.3 Å². The van der Waals surface area contributed by atoms with Gasteiger partial charge in [0.25, 0.3) is 5.56 Å². The third-order valence-corrected chi connectivity index (χ3v) is 5.99. The van der Waals surface area contributed by atoms with Crippen LogP contribution in [0.25, 0.3) is 16.7 Å². The van der Waals surface area contributed by atoms with E-state index < -0.39 is 5.60 Å². The Hall–Kier alpha value is -3.92. The molecule has 4 aromatic rings. The predicted octanol–water partition coefficient (Wildman–Crippen LogP) is 1.96. The number of aliphatic hydroxyl groups is 1. The minimum absolute atomic E-state index is 0.103. The van der Waals surface area contributed by atoms with Gasteiger partial charge in [0.1, 0.15) is 29.0 Å². The summed E-state index contributed by atoms with van der Waals surface area (Å²) in [6.07, 6.45) is 4.41. The zero-order valence-electron chi connectivity index (χ0n) is 17.6. The lowest BCUT2D eigenvalue weighted by atomic mass is 9.91. The monoisotopic (exact) mass is 448 g/mol. The molecule has 0 atom stereocenters. The molecule has 0 bridgehead atoms. The van der Waals surface area contributed by atoms with Crippen molar-refractivity contribution >= 4 is 23.1 Å². The first-order valence-corrected chi connectivity index (χ1v) is 10.5. The van der Waals surface area contributed by atoms with Crippen molar-refractivity contribution in [2.45, 2.75) is 25.0 Å². The Kier molecular flexibility index (Phi) is 5.21. The van der Waals surface area contributed by atoms with Crippen molar-refractivity contribution in [1.29, 1.82) is 0 Å². The van der Waals surface area contributed by atoms with E-state index in [0.29, 0.717) is 60.4 Å². The van der Waals surface area contributed by atoms with Gasteiger partial charge in [-0.15, -0.1) is 0 Å². The van der Waals surface area contributed by atoms with Gasteiger partial charge in [0, 0.05) is 13.1 Å². The number of carbonyl (C=O) groups is 1. The Bertz CT molecular complexity index is 1370. The fraction of sp³-hybridized carbons (Fsp3) is 0.261. The van der Waals surface area contributed by atoms with E-state index in [4.69, 9.17) is 0 Å². The third kappa shape index (κ3) is 4.00. The minimum atomic E-state index is -1.08. The Balaban J connectivity index is 1.35. The summed E-state index contributed by atoms with van der Waals surface area (Å²) in [5.74, 6) is 0.326. The summed E-state index contributed by atoms with van der Waals surface area (Å²) >= 11 is 0. The molecule has 1 fully saturated rings. The van der Waals surface area contributed by atoms with Crippen LogP contribution in [0.3, 0.4) is 0 Å². The molecule has 1 N–H and O–H groups in total. The van der Waals surface area contributed by atoms with Crippen LogP contribution in [0.1, 0.15) is 23.3 Å². The molecule has 168 valence electrons. The molecule has 0 aliphatic carbocycles. The molecular weight excluding hydrogens is 427 g/mol. The second kappa shape index (κ2) is 8.21. The van der Waals surface area contributed by atoms with E-state index >= 15 is 0 Å². The largest absolute Gasteiger partial charge is 0.388 e. The van der Waals surface area contributed by atoms with Crippen LogP contribution in [0.15, 0.2) is 59.8 Å². The number of piperidine rings is 1. The summed E-state index contributed by atoms with van der Waals surface area (Å²) in [6.45, 7) is 1.18. The fourth-order valence-electron chi connectivity index (χ4n) is 4.14. The van der Waals surface area contributed by atoms with Crippen LogP contribution in [0.2, 0.25) is 0 Å². The van der Waals surface area contributed by atoms with Crippen molar-refractivity contribution in [3.8, 4) is 5.69 Å². The molecule has 1 aliphatic rings. The number of aldehydes is 1. The molecule has 4 heterocycles. The van der Waals surface area contributed by atoms with Crippen LogP contribution in [-0.4, -0.2) is 54.4 Å². The summed E-state index contributed by atoms with van der Waals surface area (Å²) in [6, 6.07) is 11.0. The highest BCUT2D eigenvalue weighted by molar-refractivity contribution is 5.75. The van der Waals surface area contributed by atoms with Gasteiger partial charge in [-0.2, -0.15) is 5.10 Å². The summed E-state index contributed by atoms with van der Waals surface area (Å²) in [4.78, 5) is 34.7. The molecule has 0 unspecified atom stereocenters. The van der Waals surface area contributed by atoms with Crippen molar-refractivity contribution < 1.29 is 14.3 Å². The van der Waals surface area contributed by atoms with Gasteiger partial charge in [-0.3, -0.25) is 14.2 Å². The molecule has 0 amide bonds. The van der Waals surface area contributed by atoms with Crippen molar-refractivity contribution in [3.63, 3.8) is 0 Å². The normalized spacial score (nSPS) is 15.6. The summed E-state index contributed by atoms with van der Waals surface area (Å²) < 4.78 is 16.1. The van der Waals surface area contributed by atoms with Crippen molar-refractivity contribution in [2.75, 3.05) is 18.0 Å². The molecule has 0 radical (unpaired) electrons. The number of hydrogen-bond donors (Lipinski definition) is 1. The van der Waals surface area contributed by atoms with E-state index in [1.165, 1.54) is 33.9 Å². The van der Waals surface area contributed by atoms with E-state index in [2.05, 4.69) is 15.1 Å². The van der Waals surface area contributed by atoms with Crippen LogP contribution < -0.4 is 10.5 Å². The van der Waals surface area contributed by atoms with Gasteiger partial charge in [0.05, 0.1) is 24.0 Å². The third-order valence-electron chi connectivity index (χ3n) is 5.99. The Morgan fingerprint density at radius 1 is 1.12 bits per heavy atom. The molecule has 1 saturated heterocycles. The van der Waals surface area contributed by atoms with Crippen LogP contribution in [-0.2, 0) is 6.54 Å². The first-order chi connectivity index (χ1) is 16.0. The van der Waals surface area contributed by atoms with E-state index in [9.17, 15) is 19.1 Å². The average molecular weight is 448 g/mol. The van der Waals surface area contributed by atoms with Crippen LogP contribution in [0.4, 0.5) is 10.2 Å². The second-order valence-corrected chi connectivity index (χ2v) is 8.20. The zero-order valence-corrected chi connectivity index (χ0v) is 17.6. The van der Waals surface area contributed by atoms with E-state index in [0.717, 1.165) is 0 Å². The number of carbonyl (C=O) groups excluding carboxylic acids is 1. The maximum Gasteiger partial charge on any atom is 0.264 e. The Labute approximate surface area is 187 Å². The zero-order chi connectivity index (χ0) is 23.0. The Morgan fingerprint density at radius 3 is 2.61 bits per heavy atom. The average Bonchev–Trinajstić information content (AvgIpc) is 3.27. The molecule has 33 heavy (non-hydrogen) atoms. The quantitative estimate of drug-likeness (QED) is 0.465. The SMILES string of the molecule is O=Cc1cccc(N2CCC(O)(Cn3cnc4c(cnn4-c4ccc(F)cc4)c3=O)CC2)n1.